The molecular weight excluding hydrogens is 554 g/mol. The van der Waals surface area contributed by atoms with Crippen LogP contribution in [0.2, 0.25) is 0 Å². The van der Waals surface area contributed by atoms with Crippen molar-refractivity contribution in [2.75, 3.05) is 19.8 Å². The van der Waals surface area contributed by atoms with E-state index in [0.29, 0.717) is 6.42 Å². The van der Waals surface area contributed by atoms with Crippen molar-refractivity contribution in [2.24, 2.45) is 5.92 Å². The second-order valence-electron chi connectivity index (χ2n) is 11.9. The SMILES string of the molecule is O=C(O)CC1CCN(C(=O)OCC2c3ccccc3-c3ccccc32)C(C(=O)OCC2c3ccccc3-c3ccccc32)C1. The first-order valence-corrected chi connectivity index (χ1v) is 15.2. The highest BCUT2D eigenvalue weighted by Crippen LogP contribution is 2.46. The van der Waals surface area contributed by atoms with Crippen molar-refractivity contribution in [1.82, 2.24) is 4.90 Å². The van der Waals surface area contributed by atoms with Gasteiger partial charge in [0.15, 0.2) is 0 Å². The standard InChI is InChI=1S/C37H33NO6/c39-35(40)20-23-17-18-38(37(42)44-22-33-30-15-7-3-11-26(30)27-12-4-8-16-31(27)33)34(19-23)36(41)43-21-32-28-13-5-1-9-24(28)25-10-2-6-14-29(25)32/h1-16,23,32-34H,17-22H2,(H,39,40). The van der Waals surface area contributed by atoms with E-state index in [2.05, 4.69) is 48.5 Å². The first-order chi connectivity index (χ1) is 21.5. The molecule has 44 heavy (non-hydrogen) atoms. The number of fused-ring (bicyclic) bond motifs is 6. The van der Waals surface area contributed by atoms with Crippen molar-refractivity contribution in [3.8, 4) is 22.3 Å². The lowest BCUT2D eigenvalue weighted by Gasteiger charge is -2.37. The molecule has 0 spiro atoms. The number of aliphatic carboxylic acids is 1. The van der Waals surface area contributed by atoms with Crippen LogP contribution in [0.3, 0.4) is 0 Å². The molecule has 1 heterocycles. The average molecular weight is 588 g/mol. The fraction of sp³-hybridized carbons (Fsp3) is 0.270. The number of carboxylic acids is 1. The molecule has 7 rings (SSSR count). The lowest BCUT2D eigenvalue weighted by atomic mass is 9.88. The minimum Gasteiger partial charge on any atom is -0.481 e. The largest absolute Gasteiger partial charge is 0.481 e. The molecule has 0 radical (unpaired) electrons. The summed E-state index contributed by atoms with van der Waals surface area (Å²) in [5.74, 6) is -1.92. The number of carboxylic acid groups (broad SMARTS) is 1. The van der Waals surface area contributed by atoms with E-state index < -0.39 is 24.1 Å². The molecule has 1 fully saturated rings. The lowest BCUT2D eigenvalue weighted by molar-refractivity contribution is -0.152. The lowest BCUT2D eigenvalue weighted by Crippen LogP contribution is -2.51. The third-order valence-corrected chi connectivity index (χ3v) is 9.37. The summed E-state index contributed by atoms with van der Waals surface area (Å²) in [5.41, 5.74) is 8.94. The number of nitrogens with zero attached hydrogens (tertiary/aromatic N) is 1. The van der Waals surface area contributed by atoms with E-state index in [-0.39, 0.29) is 50.4 Å². The third kappa shape index (κ3) is 5.02. The van der Waals surface area contributed by atoms with E-state index in [1.807, 2.05) is 48.5 Å². The molecule has 0 aromatic heterocycles. The van der Waals surface area contributed by atoms with Gasteiger partial charge in [-0.2, -0.15) is 0 Å². The van der Waals surface area contributed by atoms with Gasteiger partial charge >= 0.3 is 18.0 Å². The monoisotopic (exact) mass is 587 g/mol. The molecule has 1 amide bonds. The molecule has 0 saturated carbocycles. The van der Waals surface area contributed by atoms with E-state index in [1.165, 1.54) is 4.90 Å². The summed E-state index contributed by atoms with van der Waals surface area (Å²) in [4.78, 5) is 40.2. The van der Waals surface area contributed by atoms with E-state index in [1.54, 1.807) is 0 Å². The second-order valence-corrected chi connectivity index (χ2v) is 11.9. The van der Waals surface area contributed by atoms with Crippen LogP contribution < -0.4 is 0 Å². The van der Waals surface area contributed by atoms with Gasteiger partial charge in [-0.25, -0.2) is 9.59 Å². The van der Waals surface area contributed by atoms with E-state index in [0.717, 1.165) is 44.5 Å². The van der Waals surface area contributed by atoms with Gasteiger partial charge < -0.3 is 14.6 Å². The van der Waals surface area contributed by atoms with Crippen LogP contribution >= 0.6 is 0 Å². The Morgan fingerprint density at radius 2 is 1.09 bits per heavy atom. The average Bonchev–Trinajstić information content (AvgIpc) is 3.54. The highest BCUT2D eigenvalue weighted by Gasteiger charge is 2.40. The molecule has 4 aromatic carbocycles. The molecular formula is C37H33NO6. The third-order valence-electron chi connectivity index (χ3n) is 9.37. The van der Waals surface area contributed by atoms with Gasteiger partial charge in [0.2, 0.25) is 0 Å². The number of piperidine rings is 1. The summed E-state index contributed by atoms with van der Waals surface area (Å²) < 4.78 is 11.9. The van der Waals surface area contributed by atoms with E-state index in [9.17, 15) is 19.5 Å². The zero-order valence-electron chi connectivity index (χ0n) is 24.2. The van der Waals surface area contributed by atoms with Gasteiger partial charge in [0, 0.05) is 24.8 Å². The Labute approximate surface area is 256 Å². The fourth-order valence-electron chi connectivity index (χ4n) is 7.29. The predicted molar refractivity (Wildman–Crippen MR) is 165 cm³/mol. The first kappa shape index (κ1) is 27.9. The normalized spacial score (nSPS) is 18.6. The van der Waals surface area contributed by atoms with Crippen molar-refractivity contribution < 1.29 is 29.0 Å². The molecule has 0 bridgehead atoms. The summed E-state index contributed by atoms with van der Waals surface area (Å²) in [6.07, 6.45) is 0.0434. The number of esters is 1. The second kappa shape index (κ2) is 11.6. The maximum absolute atomic E-state index is 13.7. The van der Waals surface area contributed by atoms with Gasteiger partial charge in [-0.15, -0.1) is 0 Å². The molecule has 2 aliphatic carbocycles. The maximum atomic E-state index is 13.7. The smallest absolute Gasteiger partial charge is 0.410 e. The van der Waals surface area contributed by atoms with Crippen LogP contribution in [-0.4, -0.2) is 53.8 Å². The number of likely N-dealkylation sites (tertiary alicyclic amines) is 1. The van der Waals surface area contributed by atoms with Gasteiger partial charge in [-0.1, -0.05) is 97.1 Å². The zero-order chi connectivity index (χ0) is 30.2. The van der Waals surface area contributed by atoms with Crippen LogP contribution in [0.5, 0.6) is 0 Å². The van der Waals surface area contributed by atoms with Crippen LogP contribution in [0, 0.1) is 5.92 Å². The molecule has 1 N–H and O–H groups in total. The molecule has 7 nitrogen and oxygen atoms in total. The molecule has 1 aliphatic heterocycles. The van der Waals surface area contributed by atoms with Crippen molar-refractivity contribution in [3.05, 3.63) is 119 Å². The van der Waals surface area contributed by atoms with Gasteiger partial charge in [0.1, 0.15) is 19.3 Å². The molecule has 3 aliphatic rings. The summed E-state index contributed by atoms with van der Waals surface area (Å²) in [7, 11) is 0. The Balaban J connectivity index is 1.08. The maximum Gasteiger partial charge on any atom is 0.410 e. The highest BCUT2D eigenvalue weighted by molar-refractivity contribution is 5.83. The predicted octanol–water partition coefficient (Wildman–Crippen LogP) is 6.85. The number of hydrogen-bond donors (Lipinski definition) is 1. The van der Waals surface area contributed by atoms with Crippen LogP contribution in [-0.2, 0) is 19.1 Å². The fourth-order valence-corrected chi connectivity index (χ4v) is 7.29. The Bertz CT molecular complexity index is 1660. The number of carbonyl (C=O) groups excluding carboxylic acids is 2. The van der Waals surface area contributed by atoms with Gasteiger partial charge in [0.05, 0.1) is 0 Å². The quantitative estimate of drug-likeness (QED) is 0.238. The van der Waals surface area contributed by atoms with Gasteiger partial charge in [-0.05, 0) is 63.3 Å². The zero-order valence-corrected chi connectivity index (χ0v) is 24.2. The highest BCUT2D eigenvalue weighted by atomic mass is 16.6. The van der Waals surface area contributed by atoms with E-state index in [4.69, 9.17) is 9.47 Å². The summed E-state index contributed by atoms with van der Waals surface area (Å²) in [6.45, 7) is 0.494. The summed E-state index contributed by atoms with van der Waals surface area (Å²) in [6, 6.07) is 31.6. The number of benzene rings is 4. The van der Waals surface area contributed by atoms with Crippen LogP contribution in [0.25, 0.3) is 22.3 Å². The topological polar surface area (TPSA) is 93.1 Å². The number of ether oxygens (including phenoxy) is 2. The van der Waals surface area contributed by atoms with Crippen molar-refractivity contribution in [1.29, 1.82) is 0 Å². The van der Waals surface area contributed by atoms with Crippen LogP contribution in [0.15, 0.2) is 97.1 Å². The van der Waals surface area contributed by atoms with Crippen LogP contribution in [0.4, 0.5) is 4.79 Å². The molecule has 1 saturated heterocycles. The van der Waals surface area contributed by atoms with E-state index >= 15 is 0 Å². The van der Waals surface area contributed by atoms with Crippen molar-refractivity contribution >= 4 is 18.0 Å². The first-order valence-electron chi connectivity index (χ1n) is 15.2. The van der Waals surface area contributed by atoms with Crippen molar-refractivity contribution in [3.63, 3.8) is 0 Å². The Hall–Kier alpha value is -4.91. The number of hydrogen-bond acceptors (Lipinski definition) is 5. The van der Waals surface area contributed by atoms with Gasteiger partial charge in [0.25, 0.3) is 0 Å². The molecule has 2 unspecified atom stereocenters. The minimum atomic E-state index is -0.921. The number of carbonyl (C=O) groups is 3. The molecule has 2 atom stereocenters. The Morgan fingerprint density at radius 3 is 1.55 bits per heavy atom. The van der Waals surface area contributed by atoms with Gasteiger partial charge in [-0.3, -0.25) is 9.69 Å². The van der Waals surface area contributed by atoms with Crippen LogP contribution in [0.1, 0.15) is 53.4 Å². The summed E-state index contributed by atoms with van der Waals surface area (Å²) >= 11 is 0. The number of amides is 1. The molecule has 7 heteroatoms. The molecule has 4 aromatic rings. The number of rotatable bonds is 7. The minimum absolute atomic E-state index is 0.0638. The Kier molecular flexibility index (Phi) is 7.38. The summed E-state index contributed by atoms with van der Waals surface area (Å²) in [5, 5.41) is 9.44. The van der Waals surface area contributed by atoms with Crippen molar-refractivity contribution in [2.45, 2.75) is 37.1 Å². The molecule has 222 valence electrons. The Morgan fingerprint density at radius 1 is 0.659 bits per heavy atom.